The summed E-state index contributed by atoms with van der Waals surface area (Å²) in [6, 6.07) is 7.33. The molecule has 0 radical (unpaired) electrons. The summed E-state index contributed by atoms with van der Waals surface area (Å²) < 4.78 is 5.40. The van der Waals surface area contributed by atoms with Gasteiger partial charge in [-0.05, 0) is 24.6 Å². The molecule has 1 amide bonds. The minimum absolute atomic E-state index is 0.00608. The quantitative estimate of drug-likeness (QED) is 0.832. The Kier molecular flexibility index (Phi) is 4.76. The molecule has 104 valence electrons. The van der Waals surface area contributed by atoms with Crippen LogP contribution in [0.5, 0.6) is 0 Å². The van der Waals surface area contributed by atoms with Crippen LogP contribution in [0.25, 0.3) is 0 Å². The van der Waals surface area contributed by atoms with E-state index in [0.717, 1.165) is 11.3 Å². The first-order chi connectivity index (χ1) is 9.26. The minimum atomic E-state index is -0.284. The third kappa shape index (κ3) is 3.24. The lowest BCUT2D eigenvalue weighted by molar-refractivity contribution is -0.124. The van der Waals surface area contributed by atoms with Gasteiger partial charge in [0, 0.05) is 18.8 Å². The van der Waals surface area contributed by atoms with Gasteiger partial charge in [0.2, 0.25) is 5.91 Å². The number of rotatable bonds is 4. The van der Waals surface area contributed by atoms with Crippen LogP contribution in [0, 0.1) is 0 Å². The highest BCUT2D eigenvalue weighted by Crippen LogP contribution is 2.20. The Balaban J connectivity index is 2.15. The van der Waals surface area contributed by atoms with E-state index in [-0.39, 0.29) is 18.6 Å². The number of nitrogens with one attached hydrogen (secondary N) is 1. The molecule has 0 aliphatic carbocycles. The summed E-state index contributed by atoms with van der Waals surface area (Å²) in [5.41, 5.74) is 1.85. The van der Waals surface area contributed by atoms with Crippen molar-refractivity contribution in [1.29, 1.82) is 0 Å². The molecule has 5 nitrogen and oxygen atoms in total. The lowest BCUT2D eigenvalue weighted by Gasteiger charge is -2.36. The number of hydrogen-bond acceptors (Lipinski definition) is 4. The van der Waals surface area contributed by atoms with Crippen LogP contribution in [-0.4, -0.2) is 43.4 Å². The molecule has 0 spiro atoms. The second-order valence-corrected chi connectivity index (χ2v) is 4.50. The molecule has 1 aliphatic rings. The minimum Gasteiger partial charge on any atom is -0.392 e. The summed E-state index contributed by atoms with van der Waals surface area (Å²) in [6.07, 6.45) is 0. The van der Waals surface area contributed by atoms with Crippen LogP contribution in [0.3, 0.4) is 0 Å². The molecular weight excluding hydrogens is 244 g/mol. The van der Waals surface area contributed by atoms with Gasteiger partial charge in [0.1, 0.15) is 6.04 Å². The number of ether oxygens (including phenoxy) is 1. The second-order valence-electron chi connectivity index (χ2n) is 4.50. The van der Waals surface area contributed by atoms with Gasteiger partial charge >= 0.3 is 0 Å². The number of likely N-dealkylation sites (N-methyl/N-ethyl adjacent to an activating group) is 1. The van der Waals surface area contributed by atoms with Gasteiger partial charge in [-0.3, -0.25) is 4.79 Å². The smallest absolute Gasteiger partial charge is 0.245 e. The van der Waals surface area contributed by atoms with Crippen LogP contribution in [0.4, 0.5) is 5.69 Å². The molecule has 2 rings (SSSR count). The molecule has 1 aliphatic heterocycles. The normalized spacial score (nSPS) is 19.3. The van der Waals surface area contributed by atoms with Gasteiger partial charge in [0.25, 0.3) is 0 Å². The zero-order chi connectivity index (χ0) is 13.7. The van der Waals surface area contributed by atoms with Crippen molar-refractivity contribution in [2.24, 2.45) is 0 Å². The van der Waals surface area contributed by atoms with E-state index in [9.17, 15) is 4.79 Å². The fourth-order valence-electron chi connectivity index (χ4n) is 2.21. The van der Waals surface area contributed by atoms with Crippen LogP contribution < -0.4 is 10.2 Å². The SMILES string of the molecule is CCNC(=O)C1COCCN1c1ccc(CO)cc1. The van der Waals surface area contributed by atoms with Crippen molar-refractivity contribution in [1.82, 2.24) is 5.32 Å². The molecule has 1 unspecified atom stereocenters. The lowest BCUT2D eigenvalue weighted by atomic mass is 10.1. The van der Waals surface area contributed by atoms with Gasteiger partial charge in [-0.15, -0.1) is 0 Å². The van der Waals surface area contributed by atoms with Crippen molar-refractivity contribution in [3.63, 3.8) is 0 Å². The number of aliphatic hydroxyl groups is 1. The van der Waals surface area contributed by atoms with E-state index in [1.807, 2.05) is 31.2 Å². The predicted molar refractivity (Wildman–Crippen MR) is 73.0 cm³/mol. The molecule has 1 fully saturated rings. The Morgan fingerprint density at radius 2 is 2.21 bits per heavy atom. The molecule has 2 N–H and O–H groups in total. The summed E-state index contributed by atoms with van der Waals surface area (Å²) in [4.78, 5) is 14.1. The van der Waals surface area contributed by atoms with Crippen molar-refractivity contribution in [3.05, 3.63) is 29.8 Å². The number of carbonyl (C=O) groups excluding carboxylic acids is 1. The number of hydrogen-bond donors (Lipinski definition) is 2. The van der Waals surface area contributed by atoms with Gasteiger partial charge in [-0.2, -0.15) is 0 Å². The zero-order valence-electron chi connectivity index (χ0n) is 11.1. The highest BCUT2D eigenvalue weighted by atomic mass is 16.5. The third-order valence-electron chi connectivity index (χ3n) is 3.23. The van der Waals surface area contributed by atoms with Crippen molar-refractivity contribution in [3.8, 4) is 0 Å². The third-order valence-corrected chi connectivity index (χ3v) is 3.23. The standard InChI is InChI=1S/C14H20N2O3/c1-2-15-14(18)13-10-19-8-7-16(13)12-5-3-11(9-17)4-6-12/h3-6,13,17H,2,7-10H2,1H3,(H,15,18). The molecule has 0 aromatic heterocycles. The summed E-state index contributed by atoms with van der Waals surface area (Å²) in [5, 5.41) is 11.9. The van der Waals surface area contributed by atoms with Gasteiger partial charge in [0.05, 0.1) is 19.8 Å². The van der Waals surface area contributed by atoms with Gasteiger partial charge in [0.15, 0.2) is 0 Å². The molecule has 19 heavy (non-hydrogen) atoms. The number of carbonyl (C=O) groups is 1. The summed E-state index contributed by atoms with van der Waals surface area (Å²) in [5.74, 6) is -0.00608. The largest absolute Gasteiger partial charge is 0.392 e. The maximum atomic E-state index is 12.0. The van der Waals surface area contributed by atoms with E-state index in [4.69, 9.17) is 9.84 Å². The molecule has 5 heteroatoms. The Labute approximate surface area is 113 Å². The van der Waals surface area contributed by atoms with E-state index in [1.165, 1.54) is 0 Å². The summed E-state index contributed by atoms with van der Waals surface area (Å²) >= 11 is 0. The molecule has 1 heterocycles. The molecule has 0 bridgehead atoms. The summed E-state index contributed by atoms with van der Waals surface area (Å²) in [6.45, 7) is 4.28. The average Bonchev–Trinajstić information content (AvgIpc) is 2.47. The van der Waals surface area contributed by atoms with Gasteiger partial charge in [-0.25, -0.2) is 0 Å². The molecular formula is C14H20N2O3. The first-order valence-corrected chi connectivity index (χ1v) is 6.58. The summed E-state index contributed by atoms with van der Waals surface area (Å²) in [7, 11) is 0. The van der Waals surface area contributed by atoms with Crippen molar-refractivity contribution < 1.29 is 14.6 Å². The van der Waals surface area contributed by atoms with Crippen LogP contribution in [-0.2, 0) is 16.1 Å². The van der Waals surface area contributed by atoms with Crippen LogP contribution >= 0.6 is 0 Å². The van der Waals surface area contributed by atoms with E-state index in [1.54, 1.807) is 0 Å². The number of morpholine rings is 1. The molecule has 1 aromatic rings. The highest BCUT2D eigenvalue weighted by molar-refractivity contribution is 5.85. The Bertz CT molecular complexity index is 419. The number of nitrogens with zero attached hydrogens (tertiary/aromatic N) is 1. The average molecular weight is 264 g/mol. The fraction of sp³-hybridized carbons (Fsp3) is 0.500. The second kappa shape index (κ2) is 6.54. The Morgan fingerprint density at radius 3 is 2.84 bits per heavy atom. The molecule has 1 saturated heterocycles. The highest BCUT2D eigenvalue weighted by Gasteiger charge is 2.29. The van der Waals surface area contributed by atoms with Gasteiger partial charge < -0.3 is 20.1 Å². The maximum absolute atomic E-state index is 12.0. The van der Waals surface area contributed by atoms with Crippen molar-refractivity contribution in [2.75, 3.05) is 31.2 Å². The Morgan fingerprint density at radius 1 is 1.47 bits per heavy atom. The van der Waals surface area contributed by atoms with Crippen LogP contribution in [0.1, 0.15) is 12.5 Å². The van der Waals surface area contributed by atoms with E-state index in [2.05, 4.69) is 10.2 Å². The fourth-order valence-corrected chi connectivity index (χ4v) is 2.21. The predicted octanol–water partition coefficient (Wildman–Crippen LogP) is 0.520. The van der Waals surface area contributed by atoms with Crippen molar-refractivity contribution >= 4 is 11.6 Å². The van der Waals surface area contributed by atoms with E-state index in [0.29, 0.717) is 26.3 Å². The van der Waals surface area contributed by atoms with Gasteiger partial charge in [-0.1, -0.05) is 12.1 Å². The zero-order valence-corrected chi connectivity index (χ0v) is 11.1. The first-order valence-electron chi connectivity index (χ1n) is 6.58. The van der Waals surface area contributed by atoms with Crippen LogP contribution in [0.2, 0.25) is 0 Å². The van der Waals surface area contributed by atoms with E-state index >= 15 is 0 Å². The topological polar surface area (TPSA) is 61.8 Å². The van der Waals surface area contributed by atoms with E-state index < -0.39 is 0 Å². The molecule has 0 saturated carbocycles. The lowest BCUT2D eigenvalue weighted by Crippen LogP contribution is -2.54. The number of anilines is 1. The number of benzene rings is 1. The molecule has 1 atom stereocenters. The van der Waals surface area contributed by atoms with Crippen LogP contribution in [0.15, 0.2) is 24.3 Å². The Hall–Kier alpha value is -1.59. The number of aliphatic hydroxyl groups excluding tert-OH is 1. The number of amides is 1. The van der Waals surface area contributed by atoms with Crippen molar-refractivity contribution in [2.45, 2.75) is 19.6 Å². The molecule has 1 aromatic carbocycles. The first kappa shape index (κ1) is 13.8. The maximum Gasteiger partial charge on any atom is 0.245 e. The monoisotopic (exact) mass is 264 g/mol.